The van der Waals surface area contributed by atoms with Gasteiger partial charge in [0, 0.05) is 44.0 Å². The Balaban J connectivity index is 1.73. The van der Waals surface area contributed by atoms with E-state index in [0.717, 1.165) is 5.56 Å². The van der Waals surface area contributed by atoms with E-state index in [-0.39, 0.29) is 18.5 Å². The van der Waals surface area contributed by atoms with E-state index in [1.807, 2.05) is 25.7 Å². The van der Waals surface area contributed by atoms with Gasteiger partial charge in [-0.2, -0.15) is 0 Å². The second-order valence-electron chi connectivity index (χ2n) is 8.08. The third-order valence-electron chi connectivity index (χ3n) is 4.79. The van der Waals surface area contributed by atoms with Crippen molar-refractivity contribution >= 4 is 23.7 Å². The number of fused-ring (bicyclic) bond motifs is 1. The van der Waals surface area contributed by atoms with Gasteiger partial charge in [0.2, 0.25) is 0 Å². The largest absolute Gasteiger partial charge is 0.480 e. The number of carbonyl (C=O) groups excluding carboxylic acids is 2. The van der Waals surface area contributed by atoms with Gasteiger partial charge in [-0.3, -0.25) is 9.59 Å². The first-order chi connectivity index (χ1) is 13.5. The molecule has 2 heterocycles. The molecule has 1 N–H and O–H groups in total. The lowest BCUT2D eigenvalue weighted by Crippen LogP contribution is -2.50. The van der Waals surface area contributed by atoms with E-state index in [2.05, 4.69) is 0 Å². The molecule has 152 valence electrons. The second-order valence-corrected chi connectivity index (χ2v) is 8.08. The van der Waals surface area contributed by atoms with Crippen LogP contribution >= 0.6 is 0 Å². The standard InChI is InChI=1S/C20H27N3O5/c1-20(2,3)28-19(27)22-10-8-21(9-11-22)15-5-4-14-6-7-23(13-17(24)25)18(26)16(14)12-15/h4-5,12H,6-11,13H2,1-3H3,(H,24,25)/i5D. The minimum atomic E-state index is -1.04. The number of amides is 2. The smallest absolute Gasteiger partial charge is 0.410 e. The number of ether oxygens (including phenoxy) is 1. The maximum Gasteiger partial charge on any atom is 0.410 e. The monoisotopic (exact) mass is 390 g/mol. The molecule has 2 amide bonds. The Bertz CT molecular complexity index is 828. The highest BCUT2D eigenvalue weighted by molar-refractivity contribution is 5.99. The zero-order valence-corrected chi connectivity index (χ0v) is 16.5. The Morgan fingerprint density at radius 2 is 1.89 bits per heavy atom. The maximum absolute atomic E-state index is 12.7. The van der Waals surface area contributed by atoms with Crippen LogP contribution in [0.1, 0.15) is 38.1 Å². The quantitative estimate of drug-likeness (QED) is 0.847. The molecule has 1 fully saturated rings. The molecule has 2 aliphatic rings. The minimum absolute atomic E-state index is 0.317. The van der Waals surface area contributed by atoms with Crippen molar-refractivity contribution in [1.82, 2.24) is 9.80 Å². The number of aliphatic carboxylic acids is 1. The molecule has 0 aliphatic carbocycles. The van der Waals surface area contributed by atoms with Crippen molar-refractivity contribution in [2.24, 2.45) is 0 Å². The van der Waals surface area contributed by atoms with Gasteiger partial charge in [-0.05, 0) is 44.9 Å². The van der Waals surface area contributed by atoms with E-state index in [0.29, 0.717) is 56.4 Å². The number of benzene rings is 1. The Kier molecular flexibility index (Phi) is 5.11. The summed E-state index contributed by atoms with van der Waals surface area (Å²) in [5.74, 6) is -1.36. The summed E-state index contributed by atoms with van der Waals surface area (Å²) in [6.07, 6.45) is 0.181. The van der Waals surface area contributed by atoms with Crippen LogP contribution in [0.4, 0.5) is 10.5 Å². The van der Waals surface area contributed by atoms with Crippen LogP contribution in [0, 0.1) is 0 Å². The Hall–Kier alpha value is -2.77. The first-order valence-corrected chi connectivity index (χ1v) is 9.42. The molecule has 28 heavy (non-hydrogen) atoms. The summed E-state index contributed by atoms with van der Waals surface area (Å²) in [5.41, 5.74) is 1.30. The fourth-order valence-electron chi connectivity index (χ4n) is 3.40. The predicted octanol–water partition coefficient (Wildman–Crippen LogP) is 1.83. The van der Waals surface area contributed by atoms with Gasteiger partial charge in [0.1, 0.15) is 12.1 Å². The number of nitrogens with zero attached hydrogens (tertiary/aromatic N) is 3. The van der Waals surface area contributed by atoms with Gasteiger partial charge in [0.25, 0.3) is 5.91 Å². The van der Waals surface area contributed by atoms with Crippen molar-refractivity contribution in [3.8, 4) is 0 Å². The van der Waals surface area contributed by atoms with Gasteiger partial charge < -0.3 is 24.5 Å². The summed E-state index contributed by atoms with van der Waals surface area (Å²) in [5, 5.41) is 9.00. The summed E-state index contributed by atoms with van der Waals surface area (Å²) in [6.45, 7) is 7.46. The lowest BCUT2D eigenvalue weighted by atomic mass is 9.98. The van der Waals surface area contributed by atoms with E-state index < -0.39 is 11.6 Å². The number of hydrogen-bond donors (Lipinski definition) is 1. The zero-order valence-electron chi connectivity index (χ0n) is 17.5. The van der Waals surface area contributed by atoms with Crippen LogP contribution in [0.5, 0.6) is 0 Å². The van der Waals surface area contributed by atoms with E-state index in [1.54, 1.807) is 17.0 Å². The summed E-state index contributed by atoms with van der Waals surface area (Å²) in [4.78, 5) is 40.8. The third-order valence-corrected chi connectivity index (χ3v) is 4.79. The topological polar surface area (TPSA) is 90.4 Å². The molecule has 3 rings (SSSR count). The van der Waals surface area contributed by atoms with E-state index >= 15 is 0 Å². The van der Waals surface area contributed by atoms with Crippen molar-refractivity contribution in [3.05, 3.63) is 29.3 Å². The Morgan fingerprint density at radius 1 is 1.21 bits per heavy atom. The average molecular weight is 390 g/mol. The SMILES string of the molecule is [2H]c1cc2c(cc1N1CCN(C(=O)OC(C)(C)C)CC1)C(=O)N(CC(=O)O)CC2. The van der Waals surface area contributed by atoms with Crippen LogP contribution < -0.4 is 4.90 Å². The molecule has 0 atom stereocenters. The van der Waals surface area contributed by atoms with Crippen LogP contribution in [0.25, 0.3) is 0 Å². The first-order valence-electron chi connectivity index (χ1n) is 9.92. The lowest BCUT2D eigenvalue weighted by Gasteiger charge is -2.37. The maximum atomic E-state index is 12.7. The molecule has 0 radical (unpaired) electrons. The Morgan fingerprint density at radius 3 is 2.50 bits per heavy atom. The summed E-state index contributed by atoms with van der Waals surface area (Å²) in [7, 11) is 0. The van der Waals surface area contributed by atoms with Crippen molar-refractivity contribution in [1.29, 1.82) is 0 Å². The van der Waals surface area contributed by atoms with Crippen LogP contribution in [0.2, 0.25) is 0 Å². The number of anilines is 1. The summed E-state index contributed by atoms with van der Waals surface area (Å²) < 4.78 is 13.8. The molecule has 0 unspecified atom stereocenters. The van der Waals surface area contributed by atoms with E-state index in [4.69, 9.17) is 11.2 Å². The van der Waals surface area contributed by atoms with E-state index in [1.165, 1.54) is 4.90 Å². The summed E-state index contributed by atoms with van der Waals surface area (Å²) in [6, 6.07) is 3.71. The van der Waals surface area contributed by atoms with Crippen LogP contribution in [-0.2, 0) is 16.0 Å². The second kappa shape index (κ2) is 7.69. The first kappa shape index (κ1) is 18.6. The fraction of sp³-hybridized carbons (Fsp3) is 0.550. The molecule has 2 aliphatic heterocycles. The highest BCUT2D eigenvalue weighted by Gasteiger charge is 2.29. The van der Waals surface area contributed by atoms with Gasteiger partial charge in [-0.1, -0.05) is 6.07 Å². The zero-order chi connectivity index (χ0) is 21.3. The molecule has 1 saturated heterocycles. The molecular weight excluding hydrogens is 362 g/mol. The minimum Gasteiger partial charge on any atom is -0.480 e. The van der Waals surface area contributed by atoms with Gasteiger partial charge in [0.15, 0.2) is 0 Å². The van der Waals surface area contributed by atoms with Gasteiger partial charge in [0.05, 0.1) is 1.37 Å². The lowest BCUT2D eigenvalue weighted by molar-refractivity contribution is -0.137. The van der Waals surface area contributed by atoms with Gasteiger partial charge >= 0.3 is 12.1 Å². The molecule has 0 saturated carbocycles. The van der Waals surface area contributed by atoms with Crippen LogP contribution in [0.3, 0.4) is 0 Å². The van der Waals surface area contributed by atoms with Gasteiger partial charge in [-0.25, -0.2) is 4.79 Å². The van der Waals surface area contributed by atoms with Crippen LogP contribution in [0.15, 0.2) is 18.2 Å². The number of rotatable bonds is 3. The normalized spacial score (nSPS) is 17.9. The molecule has 0 aromatic heterocycles. The van der Waals surface area contributed by atoms with Crippen molar-refractivity contribution in [3.63, 3.8) is 0 Å². The predicted molar refractivity (Wildman–Crippen MR) is 104 cm³/mol. The van der Waals surface area contributed by atoms with Crippen molar-refractivity contribution < 1.29 is 25.6 Å². The van der Waals surface area contributed by atoms with Crippen molar-refractivity contribution in [2.45, 2.75) is 32.8 Å². The highest BCUT2D eigenvalue weighted by Crippen LogP contribution is 2.26. The van der Waals surface area contributed by atoms with Gasteiger partial charge in [-0.15, -0.1) is 0 Å². The molecule has 8 nitrogen and oxygen atoms in total. The van der Waals surface area contributed by atoms with Crippen LogP contribution in [-0.4, -0.2) is 77.7 Å². The average Bonchev–Trinajstić information content (AvgIpc) is 2.62. The molecule has 0 bridgehead atoms. The molecular formula is C20H27N3O5. The number of carboxylic acids is 1. The molecule has 1 aromatic carbocycles. The number of piperazine rings is 1. The number of hydrogen-bond acceptors (Lipinski definition) is 5. The molecule has 8 heteroatoms. The number of carbonyl (C=O) groups is 3. The molecule has 0 spiro atoms. The highest BCUT2D eigenvalue weighted by atomic mass is 16.6. The fourth-order valence-corrected chi connectivity index (χ4v) is 3.40. The molecule has 1 aromatic rings. The summed E-state index contributed by atoms with van der Waals surface area (Å²) >= 11 is 0. The number of carboxylic acid groups (broad SMARTS) is 1. The van der Waals surface area contributed by atoms with E-state index in [9.17, 15) is 14.4 Å². The Labute approximate surface area is 166 Å². The van der Waals surface area contributed by atoms with Crippen molar-refractivity contribution in [2.75, 3.05) is 44.2 Å². The third kappa shape index (κ3) is 4.55.